The van der Waals surface area contributed by atoms with Crippen LogP contribution < -0.4 is 20.1 Å². The Morgan fingerprint density at radius 3 is 2.79 bits per heavy atom. The first-order chi connectivity index (χ1) is 13.3. The van der Waals surface area contributed by atoms with Gasteiger partial charge in [0, 0.05) is 48.9 Å². The van der Waals surface area contributed by atoms with Crippen molar-refractivity contribution in [2.24, 2.45) is 4.99 Å². The molecule has 0 saturated carbocycles. The highest BCUT2D eigenvalue weighted by molar-refractivity contribution is 14.0. The van der Waals surface area contributed by atoms with Gasteiger partial charge in [0.2, 0.25) is 0 Å². The highest BCUT2D eigenvalue weighted by Gasteiger charge is 2.11. The van der Waals surface area contributed by atoms with E-state index in [4.69, 9.17) is 9.47 Å². The normalized spacial score (nSPS) is 13.5. The number of hydrogen-bond donors (Lipinski definition) is 3. The second kappa shape index (κ2) is 9.68. The largest absolute Gasteiger partial charge is 0.490 e. The van der Waals surface area contributed by atoms with Gasteiger partial charge in [0.05, 0.1) is 13.2 Å². The van der Waals surface area contributed by atoms with E-state index in [-0.39, 0.29) is 24.0 Å². The molecule has 0 unspecified atom stereocenters. The molecule has 148 valence electrons. The number of aliphatic imine (C=N–C) groups is 1. The Morgan fingerprint density at radius 2 is 1.93 bits per heavy atom. The molecule has 0 bridgehead atoms. The second-order valence-electron chi connectivity index (χ2n) is 6.45. The Balaban J connectivity index is 0.00000225. The zero-order valence-corrected chi connectivity index (χ0v) is 18.2. The summed E-state index contributed by atoms with van der Waals surface area (Å²) in [7, 11) is 1.77. The van der Waals surface area contributed by atoms with Crippen LogP contribution in [0, 0.1) is 0 Å². The number of para-hydroxylation sites is 1. The van der Waals surface area contributed by atoms with Crippen molar-refractivity contribution in [1.82, 2.24) is 10.3 Å². The quantitative estimate of drug-likeness (QED) is 0.291. The molecule has 0 aliphatic carbocycles. The molecule has 0 spiro atoms. The summed E-state index contributed by atoms with van der Waals surface area (Å²) in [6, 6.07) is 14.2. The number of aromatic nitrogens is 1. The highest BCUT2D eigenvalue weighted by Crippen LogP contribution is 2.32. The van der Waals surface area contributed by atoms with Crippen LogP contribution in [-0.2, 0) is 6.42 Å². The third-order valence-corrected chi connectivity index (χ3v) is 4.60. The summed E-state index contributed by atoms with van der Waals surface area (Å²) in [6.45, 7) is 2.15. The lowest BCUT2D eigenvalue weighted by Gasteiger charge is -2.14. The molecule has 4 rings (SSSR count). The Labute approximate surface area is 181 Å². The van der Waals surface area contributed by atoms with Crippen molar-refractivity contribution in [2.45, 2.75) is 12.8 Å². The fourth-order valence-electron chi connectivity index (χ4n) is 3.21. The zero-order valence-electron chi connectivity index (χ0n) is 15.8. The van der Waals surface area contributed by atoms with E-state index >= 15 is 0 Å². The van der Waals surface area contributed by atoms with E-state index < -0.39 is 0 Å². The lowest BCUT2D eigenvalue weighted by molar-refractivity contribution is 0.297. The van der Waals surface area contributed by atoms with Gasteiger partial charge in [-0.1, -0.05) is 18.2 Å². The third-order valence-electron chi connectivity index (χ3n) is 4.60. The second-order valence-corrected chi connectivity index (χ2v) is 6.45. The number of hydrogen-bond acceptors (Lipinski definition) is 3. The molecule has 7 heteroatoms. The first-order valence-corrected chi connectivity index (χ1v) is 9.26. The van der Waals surface area contributed by atoms with E-state index in [2.05, 4.69) is 45.0 Å². The molecule has 28 heavy (non-hydrogen) atoms. The van der Waals surface area contributed by atoms with Crippen molar-refractivity contribution in [3.8, 4) is 11.5 Å². The van der Waals surface area contributed by atoms with Crippen molar-refractivity contribution < 1.29 is 9.47 Å². The van der Waals surface area contributed by atoms with Crippen LogP contribution in [0.15, 0.2) is 53.7 Å². The van der Waals surface area contributed by atoms with Crippen LogP contribution in [-0.4, -0.2) is 37.7 Å². The molecule has 3 aromatic rings. The minimum Gasteiger partial charge on any atom is -0.490 e. The number of H-pyrrole nitrogens is 1. The monoisotopic (exact) mass is 492 g/mol. The van der Waals surface area contributed by atoms with Gasteiger partial charge < -0.3 is 25.1 Å². The minimum absolute atomic E-state index is 0. The first-order valence-electron chi connectivity index (χ1n) is 9.26. The van der Waals surface area contributed by atoms with Crippen LogP contribution in [0.2, 0.25) is 0 Å². The molecule has 2 aromatic carbocycles. The third kappa shape index (κ3) is 4.70. The van der Waals surface area contributed by atoms with E-state index in [9.17, 15) is 0 Å². The number of anilines is 1. The van der Waals surface area contributed by atoms with E-state index in [1.165, 1.54) is 16.5 Å². The number of fused-ring (bicyclic) bond motifs is 2. The lowest BCUT2D eigenvalue weighted by Crippen LogP contribution is -2.32. The molecule has 0 fully saturated rings. The van der Waals surface area contributed by atoms with Crippen LogP contribution in [0.25, 0.3) is 10.9 Å². The molecule has 6 nitrogen and oxygen atoms in total. The summed E-state index contributed by atoms with van der Waals surface area (Å²) < 4.78 is 11.4. The van der Waals surface area contributed by atoms with Crippen LogP contribution >= 0.6 is 24.0 Å². The van der Waals surface area contributed by atoms with Crippen molar-refractivity contribution in [1.29, 1.82) is 0 Å². The number of benzene rings is 2. The molecule has 2 heterocycles. The maximum Gasteiger partial charge on any atom is 0.195 e. The molecule has 1 aliphatic rings. The number of nitrogens with zero attached hydrogens (tertiary/aromatic N) is 1. The standard InChI is InChI=1S/C21H24N4O2.HI/c1-22-21(23-10-9-15-14-24-18-6-3-2-5-17(15)18)25-16-7-8-19-20(13-16)27-12-4-11-26-19;/h2-3,5-8,13-14,24H,4,9-12H2,1H3,(H2,22,23,25);1H. The van der Waals surface area contributed by atoms with Crippen LogP contribution in [0.5, 0.6) is 11.5 Å². The predicted octanol–water partition coefficient (Wildman–Crippen LogP) is 4.18. The average Bonchev–Trinajstić information content (AvgIpc) is 2.96. The maximum absolute atomic E-state index is 5.75. The Kier molecular flexibility index (Phi) is 7.02. The number of rotatable bonds is 4. The fourth-order valence-corrected chi connectivity index (χ4v) is 3.21. The summed E-state index contributed by atoms with van der Waals surface area (Å²) >= 11 is 0. The molecule has 0 amide bonds. The first kappa shape index (κ1) is 20.3. The van der Waals surface area contributed by atoms with Gasteiger partial charge in [-0.3, -0.25) is 4.99 Å². The minimum atomic E-state index is 0. The van der Waals surface area contributed by atoms with Gasteiger partial charge in [-0.05, 0) is 30.2 Å². The molecular formula is C21H25IN4O2. The summed E-state index contributed by atoms with van der Waals surface area (Å²) in [5.74, 6) is 2.29. The molecule has 0 saturated heterocycles. The van der Waals surface area contributed by atoms with Gasteiger partial charge in [0.1, 0.15) is 0 Å². The Morgan fingerprint density at radius 1 is 1.11 bits per heavy atom. The maximum atomic E-state index is 5.75. The van der Waals surface area contributed by atoms with Gasteiger partial charge in [-0.15, -0.1) is 24.0 Å². The summed E-state index contributed by atoms with van der Waals surface area (Å²) in [6.07, 6.45) is 3.88. The fraction of sp³-hybridized carbons (Fsp3) is 0.286. The van der Waals surface area contributed by atoms with Gasteiger partial charge >= 0.3 is 0 Å². The number of halogens is 1. The van der Waals surface area contributed by atoms with E-state index in [0.717, 1.165) is 42.5 Å². The number of nitrogens with one attached hydrogen (secondary N) is 3. The van der Waals surface area contributed by atoms with E-state index in [0.29, 0.717) is 13.2 Å². The molecule has 0 atom stereocenters. The molecule has 0 radical (unpaired) electrons. The van der Waals surface area contributed by atoms with Crippen molar-refractivity contribution in [3.05, 3.63) is 54.2 Å². The Bertz CT molecular complexity index is 954. The van der Waals surface area contributed by atoms with Gasteiger partial charge in [-0.2, -0.15) is 0 Å². The summed E-state index contributed by atoms with van der Waals surface area (Å²) in [5, 5.41) is 7.95. The van der Waals surface area contributed by atoms with Gasteiger partial charge in [0.25, 0.3) is 0 Å². The summed E-state index contributed by atoms with van der Waals surface area (Å²) in [5.41, 5.74) is 3.38. The molecular weight excluding hydrogens is 467 g/mol. The predicted molar refractivity (Wildman–Crippen MR) is 124 cm³/mol. The van der Waals surface area contributed by atoms with Crippen molar-refractivity contribution >= 4 is 46.5 Å². The van der Waals surface area contributed by atoms with Crippen molar-refractivity contribution in [2.75, 3.05) is 32.1 Å². The van der Waals surface area contributed by atoms with Gasteiger partial charge in [-0.25, -0.2) is 0 Å². The topological polar surface area (TPSA) is 70.7 Å². The highest BCUT2D eigenvalue weighted by atomic mass is 127. The molecule has 1 aromatic heterocycles. The number of ether oxygens (including phenoxy) is 2. The summed E-state index contributed by atoms with van der Waals surface area (Å²) in [4.78, 5) is 7.62. The average molecular weight is 492 g/mol. The van der Waals surface area contributed by atoms with Crippen molar-refractivity contribution in [3.63, 3.8) is 0 Å². The molecule has 3 N–H and O–H groups in total. The van der Waals surface area contributed by atoms with Crippen LogP contribution in [0.1, 0.15) is 12.0 Å². The van der Waals surface area contributed by atoms with Gasteiger partial charge in [0.15, 0.2) is 17.5 Å². The van der Waals surface area contributed by atoms with E-state index in [1.807, 2.05) is 24.3 Å². The number of aromatic amines is 1. The Hall–Kier alpha value is -2.42. The van der Waals surface area contributed by atoms with E-state index in [1.54, 1.807) is 7.05 Å². The smallest absolute Gasteiger partial charge is 0.195 e. The van der Waals surface area contributed by atoms with Crippen LogP contribution in [0.3, 0.4) is 0 Å². The number of guanidine groups is 1. The zero-order chi connectivity index (χ0) is 18.5. The SMILES string of the molecule is CN=C(NCCc1c[nH]c2ccccc12)Nc1ccc2c(c1)OCCCO2.I. The lowest BCUT2D eigenvalue weighted by atomic mass is 10.1. The molecule has 1 aliphatic heterocycles. The van der Waals surface area contributed by atoms with Crippen LogP contribution in [0.4, 0.5) is 5.69 Å².